The summed E-state index contributed by atoms with van der Waals surface area (Å²) in [6, 6.07) is 5.38. The Morgan fingerprint density at radius 2 is 1.70 bits per heavy atom. The van der Waals surface area contributed by atoms with Gasteiger partial charge in [0.05, 0.1) is 7.11 Å². The summed E-state index contributed by atoms with van der Waals surface area (Å²) in [6.45, 7) is 10.7. The molecule has 0 aliphatic carbocycles. The molecule has 0 heterocycles. The monoisotopic (exact) mass is 299 g/mol. The smallest absolute Gasteiger partial charge is 0.246 e. The zero-order valence-electron chi connectivity index (χ0n) is 13.2. The molecule has 0 N–H and O–H groups in total. The summed E-state index contributed by atoms with van der Waals surface area (Å²) >= 11 is 0. The van der Waals surface area contributed by atoms with Gasteiger partial charge in [-0.3, -0.25) is 0 Å². The van der Waals surface area contributed by atoms with Crippen LogP contribution >= 0.6 is 0 Å². The van der Waals surface area contributed by atoms with Crippen LogP contribution in [0.25, 0.3) is 0 Å². The minimum atomic E-state index is -3.52. The summed E-state index contributed by atoms with van der Waals surface area (Å²) in [5.74, 6) is 0.393. The Balaban J connectivity index is 3.49. The van der Waals surface area contributed by atoms with Gasteiger partial charge in [-0.2, -0.15) is 4.31 Å². The second-order valence-electron chi connectivity index (χ2n) is 5.70. The van der Waals surface area contributed by atoms with Crippen molar-refractivity contribution in [2.24, 2.45) is 0 Å². The largest absolute Gasteiger partial charge is 0.495 e. The van der Waals surface area contributed by atoms with E-state index < -0.39 is 10.0 Å². The molecule has 0 unspecified atom stereocenters. The lowest BCUT2D eigenvalue weighted by Crippen LogP contribution is -2.31. The molecule has 0 spiro atoms. The van der Waals surface area contributed by atoms with Gasteiger partial charge in [-0.25, -0.2) is 8.42 Å². The van der Waals surface area contributed by atoms with Crippen LogP contribution in [0.15, 0.2) is 23.1 Å². The second-order valence-corrected chi connectivity index (χ2v) is 7.61. The molecule has 0 aliphatic rings. The number of sulfonamides is 1. The molecule has 1 rings (SSSR count). The molecule has 0 atom stereocenters. The van der Waals surface area contributed by atoms with E-state index in [4.69, 9.17) is 4.74 Å². The lowest BCUT2D eigenvalue weighted by atomic mass is 9.87. The highest BCUT2D eigenvalue weighted by Gasteiger charge is 2.27. The fraction of sp³-hybridized carbons (Fsp3) is 0.600. The molecule has 0 aromatic heterocycles. The average Bonchev–Trinajstić information content (AvgIpc) is 2.38. The van der Waals surface area contributed by atoms with Crippen LogP contribution in [-0.4, -0.2) is 32.9 Å². The molecule has 20 heavy (non-hydrogen) atoms. The highest BCUT2D eigenvalue weighted by molar-refractivity contribution is 7.89. The number of methoxy groups -OCH3 is 1. The lowest BCUT2D eigenvalue weighted by molar-refractivity contribution is 0.394. The minimum absolute atomic E-state index is 0.111. The number of benzene rings is 1. The van der Waals surface area contributed by atoms with Crippen molar-refractivity contribution in [1.82, 2.24) is 4.31 Å². The number of nitrogens with zero attached hydrogens (tertiary/aromatic N) is 1. The predicted octanol–water partition coefficient (Wildman–Crippen LogP) is 3.02. The molecule has 0 saturated carbocycles. The van der Waals surface area contributed by atoms with Crippen molar-refractivity contribution in [3.63, 3.8) is 0 Å². The van der Waals surface area contributed by atoms with Crippen LogP contribution in [0.4, 0.5) is 0 Å². The maximum Gasteiger partial charge on any atom is 0.246 e. The molecule has 114 valence electrons. The zero-order valence-corrected chi connectivity index (χ0v) is 14.0. The van der Waals surface area contributed by atoms with Crippen molar-refractivity contribution in [1.29, 1.82) is 0 Å². The standard InChI is InChI=1S/C15H25NO3S/c1-7-16(8-2)20(17,18)14-11-12(15(3,4)5)9-10-13(14)19-6/h9-11H,7-8H2,1-6H3. The summed E-state index contributed by atoms with van der Waals surface area (Å²) in [5.41, 5.74) is 0.865. The highest BCUT2D eigenvalue weighted by atomic mass is 32.2. The average molecular weight is 299 g/mol. The molecule has 0 bridgehead atoms. The molecule has 0 radical (unpaired) electrons. The first kappa shape index (κ1) is 17.0. The first-order chi connectivity index (χ1) is 9.18. The maximum absolute atomic E-state index is 12.7. The first-order valence-corrected chi connectivity index (χ1v) is 8.31. The molecule has 4 nitrogen and oxygen atoms in total. The van der Waals surface area contributed by atoms with Crippen molar-refractivity contribution in [2.45, 2.75) is 44.9 Å². The molecule has 1 aromatic rings. The molecule has 0 fully saturated rings. The number of hydrogen-bond donors (Lipinski definition) is 0. The summed E-state index contributed by atoms with van der Waals surface area (Å²) in [7, 11) is -2.03. The SMILES string of the molecule is CCN(CC)S(=O)(=O)c1cc(C(C)(C)C)ccc1OC. The molecule has 0 amide bonds. The molecule has 1 aromatic carbocycles. The van der Waals surface area contributed by atoms with Gasteiger partial charge in [-0.1, -0.05) is 40.7 Å². The van der Waals surface area contributed by atoms with E-state index >= 15 is 0 Å². The molecule has 5 heteroatoms. The number of ether oxygens (including phenoxy) is 1. The Labute approximate surface area is 122 Å². The van der Waals surface area contributed by atoms with Crippen LogP contribution in [0.1, 0.15) is 40.2 Å². The van der Waals surface area contributed by atoms with E-state index in [1.807, 2.05) is 19.9 Å². The van der Waals surface area contributed by atoms with Gasteiger partial charge in [0.2, 0.25) is 10.0 Å². The Bertz CT molecular complexity index is 555. The Kier molecular flexibility index (Phi) is 5.21. The van der Waals surface area contributed by atoms with Crippen molar-refractivity contribution in [2.75, 3.05) is 20.2 Å². The third kappa shape index (κ3) is 3.33. The Morgan fingerprint density at radius 1 is 1.15 bits per heavy atom. The van der Waals surface area contributed by atoms with E-state index in [1.165, 1.54) is 11.4 Å². The van der Waals surface area contributed by atoms with Crippen molar-refractivity contribution in [3.05, 3.63) is 23.8 Å². The number of hydrogen-bond acceptors (Lipinski definition) is 3. The third-order valence-electron chi connectivity index (χ3n) is 3.35. The minimum Gasteiger partial charge on any atom is -0.495 e. The maximum atomic E-state index is 12.7. The second kappa shape index (κ2) is 6.14. The highest BCUT2D eigenvalue weighted by Crippen LogP contribution is 2.32. The first-order valence-electron chi connectivity index (χ1n) is 6.87. The number of rotatable bonds is 5. The molecular weight excluding hydrogens is 274 g/mol. The van der Waals surface area contributed by atoms with Gasteiger partial charge in [0.15, 0.2) is 0 Å². The quantitative estimate of drug-likeness (QED) is 0.839. The van der Waals surface area contributed by atoms with Crippen LogP contribution in [0.5, 0.6) is 5.75 Å². The summed E-state index contributed by atoms with van der Waals surface area (Å²) in [6.07, 6.45) is 0. The summed E-state index contributed by atoms with van der Waals surface area (Å²) < 4.78 is 32.1. The molecular formula is C15H25NO3S. The van der Waals surface area contributed by atoms with E-state index in [0.29, 0.717) is 18.8 Å². The van der Waals surface area contributed by atoms with E-state index in [2.05, 4.69) is 20.8 Å². The van der Waals surface area contributed by atoms with Gasteiger partial charge >= 0.3 is 0 Å². The topological polar surface area (TPSA) is 46.6 Å². The van der Waals surface area contributed by atoms with Crippen molar-refractivity contribution >= 4 is 10.0 Å². The summed E-state index contributed by atoms with van der Waals surface area (Å²) in [5, 5.41) is 0. The molecule has 0 aliphatic heterocycles. The van der Waals surface area contributed by atoms with E-state index in [0.717, 1.165) is 5.56 Å². The van der Waals surface area contributed by atoms with Gasteiger partial charge in [-0.15, -0.1) is 0 Å². The van der Waals surface area contributed by atoms with Crippen LogP contribution < -0.4 is 4.74 Å². The van der Waals surface area contributed by atoms with Crippen LogP contribution in [0.3, 0.4) is 0 Å². The van der Waals surface area contributed by atoms with E-state index in [-0.39, 0.29) is 10.3 Å². The zero-order chi connectivity index (χ0) is 15.6. The van der Waals surface area contributed by atoms with Gasteiger partial charge in [0.25, 0.3) is 0 Å². The van der Waals surface area contributed by atoms with Gasteiger partial charge in [0, 0.05) is 13.1 Å². The lowest BCUT2D eigenvalue weighted by Gasteiger charge is -2.24. The van der Waals surface area contributed by atoms with Crippen LogP contribution in [0, 0.1) is 0 Å². The third-order valence-corrected chi connectivity index (χ3v) is 5.42. The molecule has 0 saturated heterocycles. The van der Waals surface area contributed by atoms with E-state index in [1.54, 1.807) is 12.1 Å². The Hall–Kier alpha value is -1.07. The summed E-state index contributed by atoms with van der Waals surface area (Å²) in [4.78, 5) is 0.246. The fourth-order valence-corrected chi connectivity index (χ4v) is 3.69. The van der Waals surface area contributed by atoms with Gasteiger partial charge < -0.3 is 4.74 Å². The van der Waals surface area contributed by atoms with Crippen LogP contribution in [0.2, 0.25) is 0 Å². The van der Waals surface area contributed by atoms with E-state index in [9.17, 15) is 8.42 Å². The van der Waals surface area contributed by atoms with Crippen molar-refractivity contribution < 1.29 is 13.2 Å². The predicted molar refractivity (Wildman–Crippen MR) is 81.8 cm³/mol. The van der Waals surface area contributed by atoms with Gasteiger partial charge in [-0.05, 0) is 23.1 Å². The normalized spacial score (nSPS) is 12.8. The van der Waals surface area contributed by atoms with Crippen molar-refractivity contribution in [3.8, 4) is 5.75 Å². The fourth-order valence-electron chi connectivity index (χ4n) is 2.05. The Morgan fingerprint density at radius 3 is 2.10 bits per heavy atom. The van der Waals surface area contributed by atoms with Gasteiger partial charge in [0.1, 0.15) is 10.6 Å². The van der Waals surface area contributed by atoms with Crippen LogP contribution in [-0.2, 0) is 15.4 Å².